The topological polar surface area (TPSA) is 43.6 Å². The summed E-state index contributed by atoms with van der Waals surface area (Å²) in [7, 11) is 0. The quantitative estimate of drug-likeness (QED) is 0.169. The molecule has 1 unspecified atom stereocenters. The smallest absolute Gasteiger partial charge is 0.160 e. The van der Waals surface area contributed by atoms with Crippen LogP contribution in [0.15, 0.2) is 219 Å². The molecule has 3 aromatic heterocycles. The summed E-state index contributed by atoms with van der Waals surface area (Å²) in [4.78, 5) is 14.8. The van der Waals surface area contributed by atoms with E-state index >= 15 is 0 Å². The Bertz CT molecular complexity index is 3400. The number of aromatic nitrogens is 4. The van der Waals surface area contributed by atoms with Crippen molar-refractivity contribution in [1.82, 2.24) is 19.5 Å². The van der Waals surface area contributed by atoms with Gasteiger partial charge >= 0.3 is 0 Å². The number of pyridine rings is 1. The van der Waals surface area contributed by atoms with Crippen molar-refractivity contribution >= 4 is 32.6 Å². The average Bonchev–Trinajstić information content (AvgIpc) is 3.67. The van der Waals surface area contributed by atoms with Gasteiger partial charge in [0.1, 0.15) is 0 Å². The fraction of sp³-hybridized carbons (Fsp3) is 0.0179. The molecule has 0 spiro atoms. The van der Waals surface area contributed by atoms with Gasteiger partial charge in [-0.2, -0.15) is 0 Å². The van der Waals surface area contributed by atoms with E-state index in [0.717, 1.165) is 44.6 Å². The highest BCUT2D eigenvalue weighted by molar-refractivity contribution is 6.12. The van der Waals surface area contributed by atoms with Gasteiger partial charge in [-0.25, -0.2) is 9.97 Å². The number of nitrogens with zero attached hydrogens (tertiary/aromatic N) is 4. The summed E-state index contributed by atoms with van der Waals surface area (Å²) < 4.78 is 2.48. The molecule has 4 nitrogen and oxygen atoms in total. The number of hydrogen-bond donors (Lipinski definition) is 0. The zero-order valence-electron chi connectivity index (χ0n) is 32.6. The van der Waals surface area contributed by atoms with Crippen LogP contribution in [0.1, 0.15) is 22.3 Å². The Balaban J connectivity index is 1.02. The van der Waals surface area contributed by atoms with E-state index in [1.165, 1.54) is 55.1 Å². The average molecular weight is 765 g/mol. The minimum Gasteiger partial charge on any atom is -0.309 e. The highest BCUT2D eigenvalue weighted by Crippen LogP contribution is 2.54. The third-order valence-electron chi connectivity index (χ3n) is 12.4. The predicted octanol–water partition coefficient (Wildman–Crippen LogP) is 13.5. The highest BCUT2D eigenvalue weighted by Gasteiger charge is 2.45. The van der Waals surface area contributed by atoms with Crippen molar-refractivity contribution in [2.24, 2.45) is 0 Å². The summed E-state index contributed by atoms with van der Waals surface area (Å²) in [6.07, 6.45) is 3.79. The molecule has 0 radical (unpaired) electrons. The van der Waals surface area contributed by atoms with Crippen molar-refractivity contribution in [2.75, 3.05) is 0 Å². The lowest BCUT2D eigenvalue weighted by Gasteiger charge is -2.41. The van der Waals surface area contributed by atoms with E-state index in [1.807, 2.05) is 30.6 Å². The molecule has 0 aliphatic carbocycles. The molecule has 4 heterocycles. The number of fused-ring (bicyclic) bond motifs is 6. The van der Waals surface area contributed by atoms with E-state index in [2.05, 4.69) is 198 Å². The molecular formula is C56H36N4. The Morgan fingerprint density at radius 2 is 1.03 bits per heavy atom. The molecule has 11 aromatic rings. The zero-order valence-corrected chi connectivity index (χ0v) is 32.6. The molecule has 12 rings (SSSR count). The molecule has 0 amide bonds. The van der Waals surface area contributed by atoms with Crippen molar-refractivity contribution in [1.29, 1.82) is 0 Å². The maximum Gasteiger partial charge on any atom is 0.160 e. The van der Waals surface area contributed by atoms with Crippen LogP contribution in [0.5, 0.6) is 0 Å². The van der Waals surface area contributed by atoms with Crippen molar-refractivity contribution in [3.8, 4) is 50.7 Å². The van der Waals surface area contributed by atoms with Crippen LogP contribution in [-0.2, 0) is 5.41 Å². The van der Waals surface area contributed by atoms with Gasteiger partial charge in [-0.3, -0.25) is 4.98 Å². The normalized spacial score (nSPS) is 14.4. The van der Waals surface area contributed by atoms with E-state index in [0.29, 0.717) is 5.82 Å². The van der Waals surface area contributed by atoms with Gasteiger partial charge in [0.25, 0.3) is 0 Å². The van der Waals surface area contributed by atoms with Crippen LogP contribution in [0.2, 0.25) is 0 Å². The monoisotopic (exact) mass is 764 g/mol. The van der Waals surface area contributed by atoms with Gasteiger partial charge in [0.15, 0.2) is 5.82 Å². The fourth-order valence-corrected chi connectivity index (χ4v) is 9.72. The first-order valence-electron chi connectivity index (χ1n) is 20.4. The second-order valence-corrected chi connectivity index (χ2v) is 15.6. The minimum atomic E-state index is -0.575. The van der Waals surface area contributed by atoms with E-state index in [1.54, 1.807) is 0 Å². The Kier molecular flexibility index (Phi) is 7.72. The fourth-order valence-electron chi connectivity index (χ4n) is 9.72. The molecule has 1 aliphatic rings. The summed E-state index contributed by atoms with van der Waals surface area (Å²) >= 11 is 0. The molecule has 280 valence electrons. The maximum absolute atomic E-state index is 5.22. The van der Waals surface area contributed by atoms with Crippen molar-refractivity contribution < 1.29 is 0 Å². The zero-order chi connectivity index (χ0) is 39.6. The Hall–Kier alpha value is -7.95. The largest absolute Gasteiger partial charge is 0.309 e. The minimum absolute atomic E-state index is 0.575. The number of rotatable bonds is 6. The summed E-state index contributed by atoms with van der Waals surface area (Å²) in [5.74, 6) is 0.692. The Labute approximate surface area is 347 Å². The summed E-state index contributed by atoms with van der Waals surface area (Å²) in [6.45, 7) is 0. The predicted molar refractivity (Wildman–Crippen MR) is 245 cm³/mol. The van der Waals surface area contributed by atoms with Gasteiger partial charge in [-0.1, -0.05) is 182 Å². The summed E-state index contributed by atoms with van der Waals surface area (Å²) in [5, 5.41) is 4.83. The lowest BCUT2D eigenvalue weighted by Crippen LogP contribution is -2.35. The lowest BCUT2D eigenvalue weighted by molar-refractivity contribution is 0.728. The van der Waals surface area contributed by atoms with Crippen LogP contribution in [0, 0.1) is 0 Å². The molecule has 60 heavy (non-hydrogen) atoms. The SMILES string of the molecule is c1ccc(-c2nc(-c3ccc(-c4cccc5ccncc45)cc3)cc(-c3ccc(C4(c5ccccc5)c5ccccc5-n5c6ccccc6c6cccc4c65)cc3)n2)cc1. The van der Waals surface area contributed by atoms with Gasteiger partial charge in [0.05, 0.1) is 33.5 Å². The van der Waals surface area contributed by atoms with Gasteiger partial charge in [-0.05, 0) is 63.0 Å². The molecule has 1 aliphatic heterocycles. The molecular weight excluding hydrogens is 729 g/mol. The first kappa shape index (κ1) is 34.1. The lowest BCUT2D eigenvalue weighted by atomic mass is 9.63. The van der Waals surface area contributed by atoms with Crippen LogP contribution in [0.25, 0.3) is 83.3 Å². The first-order chi connectivity index (χ1) is 29.8. The summed E-state index contributed by atoms with van der Waals surface area (Å²) in [5.41, 5.74) is 15.1. The first-order valence-corrected chi connectivity index (χ1v) is 20.4. The highest BCUT2D eigenvalue weighted by atomic mass is 15.0. The number of hydrogen-bond acceptors (Lipinski definition) is 3. The van der Waals surface area contributed by atoms with Crippen molar-refractivity contribution in [3.63, 3.8) is 0 Å². The molecule has 4 heteroatoms. The molecule has 1 atom stereocenters. The van der Waals surface area contributed by atoms with Crippen LogP contribution < -0.4 is 0 Å². The molecule has 0 fully saturated rings. The third-order valence-corrected chi connectivity index (χ3v) is 12.4. The van der Waals surface area contributed by atoms with Gasteiger partial charge in [0.2, 0.25) is 0 Å². The van der Waals surface area contributed by atoms with Gasteiger partial charge in [-0.15, -0.1) is 0 Å². The number of benzene rings is 8. The molecule has 0 bridgehead atoms. The Morgan fingerprint density at radius 1 is 0.417 bits per heavy atom. The van der Waals surface area contributed by atoms with E-state index < -0.39 is 5.41 Å². The second-order valence-electron chi connectivity index (χ2n) is 15.6. The van der Waals surface area contributed by atoms with Crippen LogP contribution in [-0.4, -0.2) is 19.5 Å². The van der Waals surface area contributed by atoms with E-state index in [-0.39, 0.29) is 0 Å². The van der Waals surface area contributed by atoms with Crippen LogP contribution in [0.4, 0.5) is 0 Å². The third kappa shape index (κ3) is 5.14. The molecule has 0 saturated carbocycles. The molecule has 0 saturated heterocycles. The molecule has 0 N–H and O–H groups in total. The van der Waals surface area contributed by atoms with Gasteiger partial charge in [0, 0.05) is 45.2 Å². The number of para-hydroxylation sites is 3. The van der Waals surface area contributed by atoms with Crippen LogP contribution in [0.3, 0.4) is 0 Å². The van der Waals surface area contributed by atoms with Crippen LogP contribution >= 0.6 is 0 Å². The summed E-state index contributed by atoms with van der Waals surface area (Å²) in [6, 6.07) is 74.2. The standard InChI is InChI=1S/C56H36N4/c1-3-13-41(14-4-1)55-58-50(39-27-25-38(26-28-39)44-19-11-15-37-33-34-57-36-47(37)44)35-51(59-55)40-29-31-43(32-30-40)56(42-16-5-2-6-17-42)48-21-8-10-24-53(48)60-52-23-9-7-18-45(52)46-20-12-22-49(56)54(46)60/h1-36H. The maximum atomic E-state index is 5.22. The van der Waals surface area contributed by atoms with E-state index in [9.17, 15) is 0 Å². The van der Waals surface area contributed by atoms with E-state index in [4.69, 9.17) is 9.97 Å². The van der Waals surface area contributed by atoms with Crippen molar-refractivity contribution in [2.45, 2.75) is 5.41 Å². The Morgan fingerprint density at radius 3 is 1.83 bits per heavy atom. The van der Waals surface area contributed by atoms with Crippen molar-refractivity contribution in [3.05, 3.63) is 241 Å². The van der Waals surface area contributed by atoms with Gasteiger partial charge < -0.3 is 4.57 Å². The second kappa shape index (κ2) is 13.6. The molecule has 8 aromatic carbocycles.